The molecule has 3 nitrogen and oxygen atoms in total. The molecular formula is C19H17NO2S. The van der Waals surface area contributed by atoms with Crippen LogP contribution in [0.25, 0.3) is 0 Å². The Labute approximate surface area is 139 Å². The maximum atomic E-state index is 12.5. The molecule has 3 aromatic rings. The van der Waals surface area contributed by atoms with Gasteiger partial charge in [0, 0.05) is 5.38 Å². The number of hydrogen-bond acceptors (Lipinski definition) is 3. The van der Waals surface area contributed by atoms with Crippen LogP contribution in [0.4, 0.5) is 0 Å². The summed E-state index contributed by atoms with van der Waals surface area (Å²) in [6.45, 7) is 0. The van der Waals surface area contributed by atoms with Crippen molar-refractivity contribution in [2.45, 2.75) is 6.04 Å². The van der Waals surface area contributed by atoms with E-state index in [1.807, 2.05) is 71.4 Å². The molecule has 1 atom stereocenters. The lowest BCUT2D eigenvalue weighted by molar-refractivity contribution is 0.0943. The fourth-order valence-electron chi connectivity index (χ4n) is 2.41. The average molecular weight is 323 g/mol. The second-order valence-corrected chi connectivity index (χ2v) is 5.88. The van der Waals surface area contributed by atoms with Crippen LogP contribution >= 0.6 is 11.3 Å². The van der Waals surface area contributed by atoms with Crippen molar-refractivity contribution in [1.82, 2.24) is 5.32 Å². The number of rotatable bonds is 5. The molecule has 1 unspecified atom stereocenters. The molecular weight excluding hydrogens is 306 g/mol. The molecule has 1 N–H and O–H groups in total. The second kappa shape index (κ2) is 7.11. The van der Waals surface area contributed by atoms with Crippen molar-refractivity contribution >= 4 is 17.2 Å². The van der Waals surface area contributed by atoms with Gasteiger partial charge in [-0.3, -0.25) is 4.79 Å². The Kier molecular flexibility index (Phi) is 4.74. The zero-order valence-corrected chi connectivity index (χ0v) is 13.5. The van der Waals surface area contributed by atoms with Gasteiger partial charge in [0.1, 0.15) is 5.75 Å². The first-order valence-electron chi connectivity index (χ1n) is 7.30. The molecule has 116 valence electrons. The van der Waals surface area contributed by atoms with Crippen LogP contribution < -0.4 is 10.1 Å². The van der Waals surface area contributed by atoms with Gasteiger partial charge in [-0.15, -0.1) is 0 Å². The van der Waals surface area contributed by atoms with Gasteiger partial charge in [0.15, 0.2) is 0 Å². The predicted octanol–water partition coefficient (Wildman–Crippen LogP) is 4.28. The van der Waals surface area contributed by atoms with E-state index in [0.29, 0.717) is 5.56 Å². The van der Waals surface area contributed by atoms with Gasteiger partial charge in [0.25, 0.3) is 5.91 Å². The number of thiophene rings is 1. The molecule has 0 aliphatic heterocycles. The first kappa shape index (κ1) is 15.3. The largest absolute Gasteiger partial charge is 0.497 e. The van der Waals surface area contributed by atoms with E-state index in [4.69, 9.17) is 4.74 Å². The predicted molar refractivity (Wildman–Crippen MR) is 93.1 cm³/mol. The van der Waals surface area contributed by atoms with Crippen LogP contribution in [0.1, 0.15) is 27.5 Å². The Bertz CT molecular complexity index is 752. The number of carbonyl (C=O) groups excluding carboxylic acids is 1. The van der Waals surface area contributed by atoms with Gasteiger partial charge in [-0.05, 0) is 34.7 Å². The topological polar surface area (TPSA) is 38.3 Å². The van der Waals surface area contributed by atoms with E-state index < -0.39 is 0 Å². The number of hydrogen-bond donors (Lipinski definition) is 1. The van der Waals surface area contributed by atoms with Crippen molar-refractivity contribution in [2.24, 2.45) is 0 Å². The van der Waals surface area contributed by atoms with Crippen LogP contribution in [0.5, 0.6) is 5.75 Å². The zero-order valence-electron chi connectivity index (χ0n) is 12.7. The van der Waals surface area contributed by atoms with Crippen molar-refractivity contribution in [3.63, 3.8) is 0 Å². The highest BCUT2D eigenvalue weighted by Crippen LogP contribution is 2.24. The van der Waals surface area contributed by atoms with Gasteiger partial charge < -0.3 is 10.1 Å². The molecule has 1 heterocycles. The number of carbonyl (C=O) groups is 1. The van der Waals surface area contributed by atoms with Crippen LogP contribution in [-0.2, 0) is 0 Å². The normalized spacial score (nSPS) is 11.7. The van der Waals surface area contributed by atoms with Gasteiger partial charge >= 0.3 is 0 Å². The van der Waals surface area contributed by atoms with Crippen molar-refractivity contribution < 1.29 is 9.53 Å². The van der Waals surface area contributed by atoms with Crippen molar-refractivity contribution in [3.05, 3.63) is 88.1 Å². The molecule has 4 heteroatoms. The highest BCUT2D eigenvalue weighted by Gasteiger charge is 2.18. The fourth-order valence-corrected chi connectivity index (χ4v) is 3.05. The summed E-state index contributed by atoms with van der Waals surface area (Å²) in [6, 6.07) is 19.3. The number of amides is 1. The number of methoxy groups -OCH3 is 1. The minimum Gasteiger partial charge on any atom is -0.497 e. The summed E-state index contributed by atoms with van der Waals surface area (Å²) in [5.41, 5.74) is 2.74. The third-order valence-corrected chi connectivity index (χ3v) is 4.32. The lowest BCUT2D eigenvalue weighted by atomic mass is 9.98. The highest BCUT2D eigenvalue weighted by atomic mass is 32.1. The molecule has 0 bridgehead atoms. The van der Waals surface area contributed by atoms with Gasteiger partial charge in [-0.1, -0.05) is 42.5 Å². The molecule has 0 saturated carbocycles. The van der Waals surface area contributed by atoms with E-state index in [9.17, 15) is 4.79 Å². The third-order valence-electron chi connectivity index (χ3n) is 3.64. The first-order chi connectivity index (χ1) is 11.3. The van der Waals surface area contributed by atoms with Crippen LogP contribution in [0.15, 0.2) is 71.4 Å². The summed E-state index contributed by atoms with van der Waals surface area (Å²) in [6.07, 6.45) is 0. The minimum atomic E-state index is -0.200. The molecule has 1 amide bonds. The summed E-state index contributed by atoms with van der Waals surface area (Å²) < 4.78 is 5.21. The summed E-state index contributed by atoms with van der Waals surface area (Å²) in [4.78, 5) is 12.5. The van der Waals surface area contributed by atoms with Gasteiger partial charge in [0.05, 0.1) is 18.7 Å². The summed E-state index contributed by atoms with van der Waals surface area (Å²) in [5.74, 6) is 0.723. The van der Waals surface area contributed by atoms with Crippen LogP contribution in [0.2, 0.25) is 0 Å². The maximum absolute atomic E-state index is 12.5. The molecule has 0 radical (unpaired) electrons. The Morgan fingerprint density at radius 1 is 1.00 bits per heavy atom. The van der Waals surface area contributed by atoms with Gasteiger partial charge in [-0.25, -0.2) is 0 Å². The monoisotopic (exact) mass is 323 g/mol. The number of ether oxygens (including phenoxy) is 1. The molecule has 0 aliphatic rings. The Morgan fingerprint density at radius 2 is 1.70 bits per heavy atom. The van der Waals surface area contributed by atoms with E-state index >= 15 is 0 Å². The van der Waals surface area contributed by atoms with Gasteiger partial charge in [0.2, 0.25) is 0 Å². The minimum absolute atomic E-state index is 0.0732. The third kappa shape index (κ3) is 3.60. The van der Waals surface area contributed by atoms with E-state index in [0.717, 1.165) is 16.9 Å². The number of benzene rings is 2. The maximum Gasteiger partial charge on any atom is 0.252 e. The van der Waals surface area contributed by atoms with Crippen LogP contribution in [0.3, 0.4) is 0 Å². The summed E-state index contributed by atoms with van der Waals surface area (Å²) >= 11 is 1.51. The van der Waals surface area contributed by atoms with E-state index in [1.54, 1.807) is 7.11 Å². The lowest BCUT2D eigenvalue weighted by Crippen LogP contribution is -2.29. The smallest absolute Gasteiger partial charge is 0.252 e. The van der Waals surface area contributed by atoms with Crippen molar-refractivity contribution in [3.8, 4) is 5.75 Å². The van der Waals surface area contributed by atoms with E-state index in [2.05, 4.69) is 5.32 Å². The molecule has 0 fully saturated rings. The Hall–Kier alpha value is -2.59. The fraction of sp³-hybridized carbons (Fsp3) is 0.105. The van der Waals surface area contributed by atoms with Crippen LogP contribution in [-0.4, -0.2) is 13.0 Å². The quantitative estimate of drug-likeness (QED) is 0.761. The molecule has 0 saturated heterocycles. The molecule has 0 aliphatic carbocycles. The van der Waals surface area contributed by atoms with Crippen molar-refractivity contribution in [2.75, 3.05) is 7.11 Å². The molecule has 2 aromatic carbocycles. The molecule has 23 heavy (non-hydrogen) atoms. The lowest BCUT2D eigenvalue weighted by Gasteiger charge is -2.20. The number of nitrogens with one attached hydrogen (secondary N) is 1. The summed E-state index contributed by atoms with van der Waals surface area (Å²) in [5, 5.41) is 6.87. The zero-order chi connectivity index (χ0) is 16.1. The highest BCUT2D eigenvalue weighted by molar-refractivity contribution is 7.08. The average Bonchev–Trinajstić information content (AvgIpc) is 3.15. The second-order valence-electron chi connectivity index (χ2n) is 5.10. The molecule has 0 spiro atoms. The summed E-state index contributed by atoms with van der Waals surface area (Å²) in [7, 11) is 1.64. The standard InChI is InChI=1S/C19H17NO2S/c1-22-17-9-7-15(8-10-17)18(14-5-3-2-4-6-14)20-19(21)16-11-12-23-13-16/h2-13,18H,1H3,(H,20,21). The SMILES string of the molecule is COc1ccc(C(NC(=O)c2ccsc2)c2ccccc2)cc1. The van der Waals surface area contributed by atoms with E-state index in [1.165, 1.54) is 11.3 Å². The Morgan fingerprint density at radius 3 is 2.30 bits per heavy atom. The van der Waals surface area contributed by atoms with Crippen LogP contribution in [0, 0.1) is 0 Å². The van der Waals surface area contributed by atoms with Gasteiger partial charge in [-0.2, -0.15) is 11.3 Å². The Balaban J connectivity index is 1.91. The molecule has 1 aromatic heterocycles. The van der Waals surface area contributed by atoms with Crippen molar-refractivity contribution in [1.29, 1.82) is 0 Å². The van der Waals surface area contributed by atoms with E-state index in [-0.39, 0.29) is 11.9 Å². The first-order valence-corrected chi connectivity index (χ1v) is 8.24. The molecule has 3 rings (SSSR count).